The average Bonchev–Trinajstić information content (AvgIpc) is 2.74. The van der Waals surface area contributed by atoms with Gasteiger partial charge in [0.1, 0.15) is 5.75 Å². The predicted molar refractivity (Wildman–Crippen MR) is 107 cm³/mol. The summed E-state index contributed by atoms with van der Waals surface area (Å²) in [6.07, 6.45) is 4.76. The molecule has 0 unspecified atom stereocenters. The quantitative estimate of drug-likeness (QED) is 0.736. The number of piperidine rings is 1. The van der Waals surface area contributed by atoms with Gasteiger partial charge in [-0.05, 0) is 56.2 Å². The van der Waals surface area contributed by atoms with Crippen molar-refractivity contribution in [1.29, 1.82) is 0 Å². The van der Waals surface area contributed by atoms with E-state index in [0.29, 0.717) is 24.3 Å². The second-order valence-corrected chi connectivity index (χ2v) is 7.81. The molecule has 2 saturated heterocycles. The molecule has 0 saturated carbocycles. The van der Waals surface area contributed by atoms with Gasteiger partial charge in [-0.2, -0.15) is 0 Å². The van der Waals surface area contributed by atoms with Gasteiger partial charge in [0.25, 0.3) is 0 Å². The SMILES string of the molecule is COc1ccc(CCCC(=O)N2CCC([C@H](C)N3CCOCC3)CC2)cc1. The topological polar surface area (TPSA) is 42.0 Å². The number of rotatable bonds is 7. The molecule has 0 bridgehead atoms. The highest BCUT2D eigenvalue weighted by atomic mass is 16.5. The number of likely N-dealkylation sites (tertiary alicyclic amines) is 1. The van der Waals surface area contributed by atoms with Crippen LogP contribution in [0.2, 0.25) is 0 Å². The Morgan fingerprint density at radius 2 is 1.81 bits per heavy atom. The minimum absolute atomic E-state index is 0.320. The Morgan fingerprint density at radius 3 is 2.44 bits per heavy atom. The minimum Gasteiger partial charge on any atom is -0.497 e. The molecule has 150 valence electrons. The summed E-state index contributed by atoms with van der Waals surface area (Å²) in [6.45, 7) is 7.99. The smallest absolute Gasteiger partial charge is 0.222 e. The largest absolute Gasteiger partial charge is 0.497 e. The van der Waals surface area contributed by atoms with Crippen molar-refractivity contribution in [3.63, 3.8) is 0 Å². The Labute approximate surface area is 163 Å². The Morgan fingerprint density at radius 1 is 1.15 bits per heavy atom. The first-order valence-corrected chi connectivity index (χ1v) is 10.4. The van der Waals surface area contributed by atoms with E-state index in [1.54, 1.807) is 7.11 Å². The molecular weight excluding hydrogens is 340 g/mol. The fraction of sp³-hybridized carbons (Fsp3) is 0.682. The normalized spacial score (nSPS) is 20.4. The number of methoxy groups -OCH3 is 1. The number of carbonyl (C=O) groups is 1. The van der Waals surface area contributed by atoms with Crippen LogP contribution in [0, 0.1) is 5.92 Å². The fourth-order valence-corrected chi connectivity index (χ4v) is 4.31. The van der Waals surface area contributed by atoms with Crippen molar-refractivity contribution in [3.05, 3.63) is 29.8 Å². The molecule has 2 aliphatic rings. The van der Waals surface area contributed by atoms with Crippen LogP contribution in [0.15, 0.2) is 24.3 Å². The number of benzene rings is 1. The molecule has 5 heteroatoms. The van der Waals surface area contributed by atoms with Crippen molar-refractivity contribution < 1.29 is 14.3 Å². The van der Waals surface area contributed by atoms with Gasteiger partial charge in [0, 0.05) is 38.6 Å². The van der Waals surface area contributed by atoms with E-state index in [-0.39, 0.29) is 0 Å². The maximum atomic E-state index is 12.5. The fourth-order valence-electron chi connectivity index (χ4n) is 4.31. The lowest BCUT2D eigenvalue weighted by atomic mass is 9.89. The van der Waals surface area contributed by atoms with Crippen LogP contribution in [-0.2, 0) is 16.0 Å². The summed E-state index contributed by atoms with van der Waals surface area (Å²) in [4.78, 5) is 17.2. The zero-order valence-electron chi connectivity index (χ0n) is 16.9. The van der Waals surface area contributed by atoms with Gasteiger partial charge in [-0.25, -0.2) is 0 Å². The maximum Gasteiger partial charge on any atom is 0.222 e. The van der Waals surface area contributed by atoms with Crippen LogP contribution in [0.4, 0.5) is 0 Å². The number of hydrogen-bond donors (Lipinski definition) is 0. The van der Waals surface area contributed by atoms with Crippen molar-refractivity contribution in [2.45, 2.75) is 45.1 Å². The van der Waals surface area contributed by atoms with Crippen LogP contribution >= 0.6 is 0 Å². The van der Waals surface area contributed by atoms with E-state index in [1.807, 2.05) is 12.1 Å². The molecule has 1 atom stereocenters. The summed E-state index contributed by atoms with van der Waals surface area (Å²) >= 11 is 0. The second-order valence-electron chi connectivity index (χ2n) is 7.81. The lowest BCUT2D eigenvalue weighted by Crippen LogP contribution is -2.49. The van der Waals surface area contributed by atoms with Gasteiger partial charge in [0.05, 0.1) is 20.3 Å². The number of carbonyl (C=O) groups excluding carboxylic acids is 1. The van der Waals surface area contributed by atoms with Crippen molar-refractivity contribution in [1.82, 2.24) is 9.80 Å². The van der Waals surface area contributed by atoms with Gasteiger partial charge in [-0.3, -0.25) is 9.69 Å². The average molecular weight is 375 g/mol. The molecule has 0 radical (unpaired) electrons. The zero-order chi connectivity index (χ0) is 19.1. The van der Waals surface area contributed by atoms with Crippen molar-refractivity contribution in [2.75, 3.05) is 46.5 Å². The third-order valence-electron chi connectivity index (χ3n) is 6.21. The van der Waals surface area contributed by atoms with Crippen molar-refractivity contribution >= 4 is 5.91 Å². The van der Waals surface area contributed by atoms with Gasteiger partial charge in [-0.15, -0.1) is 0 Å². The van der Waals surface area contributed by atoms with Gasteiger partial charge >= 0.3 is 0 Å². The number of hydrogen-bond acceptors (Lipinski definition) is 4. The Hall–Kier alpha value is -1.59. The van der Waals surface area contributed by atoms with Crippen LogP contribution in [0.5, 0.6) is 5.75 Å². The number of amides is 1. The number of morpholine rings is 1. The Balaban J connectivity index is 1.36. The molecular formula is C22H34N2O3. The molecule has 2 fully saturated rings. The summed E-state index contributed by atoms with van der Waals surface area (Å²) in [6, 6.07) is 8.74. The van der Waals surface area contributed by atoms with E-state index < -0.39 is 0 Å². The summed E-state index contributed by atoms with van der Waals surface area (Å²) in [5, 5.41) is 0. The first-order chi connectivity index (χ1) is 13.2. The molecule has 3 rings (SSSR count). The zero-order valence-corrected chi connectivity index (χ0v) is 16.9. The molecule has 5 nitrogen and oxygen atoms in total. The predicted octanol–water partition coefficient (Wildman–Crippen LogP) is 2.98. The van der Waals surface area contributed by atoms with Crippen LogP contribution in [-0.4, -0.2) is 68.3 Å². The van der Waals surface area contributed by atoms with E-state index >= 15 is 0 Å². The van der Waals surface area contributed by atoms with E-state index in [9.17, 15) is 4.79 Å². The second kappa shape index (κ2) is 10.1. The monoisotopic (exact) mass is 374 g/mol. The molecule has 0 N–H and O–H groups in total. The maximum absolute atomic E-state index is 12.5. The van der Waals surface area contributed by atoms with Gasteiger partial charge < -0.3 is 14.4 Å². The molecule has 0 spiro atoms. The summed E-state index contributed by atoms with van der Waals surface area (Å²) < 4.78 is 10.7. The van der Waals surface area contributed by atoms with E-state index in [0.717, 1.165) is 70.8 Å². The van der Waals surface area contributed by atoms with E-state index in [2.05, 4.69) is 28.9 Å². The summed E-state index contributed by atoms with van der Waals surface area (Å²) in [5.74, 6) is 1.90. The van der Waals surface area contributed by atoms with Gasteiger partial charge in [0.15, 0.2) is 0 Å². The van der Waals surface area contributed by atoms with Gasteiger partial charge in [0.2, 0.25) is 5.91 Å². The molecule has 27 heavy (non-hydrogen) atoms. The van der Waals surface area contributed by atoms with E-state index in [1.165, 1.54) is 5.56 Å². The molecule has 2 heterocycles. The van der Waals surface area contributed by atoms with Gasteiger partial charge in [-0.1, -0.05) is 12.1 Å². The molecule has 2 aliphatic heterocycles. The van der Waals surface area contributed by atoms with Crippen molar-refractivity contribution in [3.8, 4) is 5.75 Å². The third kappa shape index (κ3) is 5.69. The number of nitrogens with zero attached hydrogens (tertiary/aromatic N) is 2. The molecule has 1 aromatic rings. The number of ether oxygens (including phenoxy) is 2. The van der Waals surface area contributed by atoms with E-state index in [4.69, 9.17) is 9.47 Å². The van der Waals surface area contributed by atoms with Crippen LogP contribution in [0.3, 0.4) is 0 Å². The first-order valence-electron chi connectivity index (χ1n) is 10.4. The lowest BCUT2D eigenvalue weighted by Gasteiger charge is -2.41. The lowest BCUT2D eigenvalue weighted by molar-refractivity contribution is -0.133. The molecule has 0 aliphatic carbocycles. The molecule has 1 amide bonds. The Kier molecular flexibility index (Phi) is 7.53. The van der Waals surface area contributed by atoms with Crippen LogP contribution in [0.1, 0.15) is 38.2 Å². The number of aryl methyl sites for hydroxylation is 1. The molecule has 1 aromatic carbocycles. The van der Waals surface area contributed by atoms with Crippen LogP contribution < -0.4 is 4.74 Å². The highest BCUT2D eigenvalue weighted by Crippen LogP contribution is 2.25. The van der Waals surface area contributed by atoms with Crippen LogP contribution in [0.25, 0.3) is 0 Å². The third-order valence-corrected chi connectivity index (χ3v) is 6.21. The summed E-state index contributed by atoms with van der Waals surface area (Å²) in [7, 11) is 1.68. The highest BCUT2D eigenvalue weighted by Gasteiger charge is 2.29. The minimum atomic E-state index is 0.320. The standard InChI is InChI=1S/C22H34N2O3/c1-18(23-14-16-27-17-15-23)20-10-12-24(13-11-20)22(25)5-3-4-19-6-8-21(26-2)9-7-19/h6-9,18,20H,3-5,10-17H2,1-2H3/t18-/m0/s1. The molecule has 0 aromatic heterocycles. The first kappa shape index (κ1) is 20.2. The highest BCUT2D eigenvalue weighted by molar-refractivity contribution is 5.76. The summed E-state index contributed by atoms with van der Waals surface area (Å²) in [5.41, 5.74) is 1.27. The Bertz CT molecular complexity index is 576. The van der Waals surface area contributed by atoms with Crippen molar-refractivity contribution in [2.24, 2.45) is 5.92 Å².